The van der Waals surface area contributed by atoms with Gasteiger partial charge in [0.1, 0.15) is 0 Å². The fraction of sp³-hybridized carbons (Fsp3) is 0.364. The molecule has 0 heterocycles. The van der Waals surface area contributed by atoms with Gasteiger partial charge in [0.2, 0.25) is 0 Å². The summed E-state index contributed by atoms with van der Waals surface area (Å²) in [6.45, 7) is 3.99. The van der Waals surface area contributed by atoms with Crippen molar-refractivity contribution < 1.29 is 9.53 Å². The van der Waals surface area contributed by atoms with Crippen molar-refractivity contribution in [1.82, 2.24) is 5.32 Å². The minimum atomic E-state index is -0.426. The van der Waals surface area contributed by atoms with Crippen molar-refractivity contribution >= 4 is 17.7 Å². The van der Waals surface area contributed by atoms with E-state index >= 15 is 0 Å². The van der Waals surface area contributed by atoms with E-state index in [1.165, 1.54) is 0 Å². The molecule has 0 aliphatic rings. The molecule has 0 aliphatic carbocycles. The van der Waals surface area contributed by atoms with Crippen LogP contribution in [0, 0.1) is 0 Å². The van der Waals surface area contributed by atoms with Gasteiger partial charge in [0.25, 0.3) is 0 Å². The molecular weight excluding hydrogens is 214 g/mol. The molecule has 0 spiro atoms. The Morgan fingerprint density at radius 2 is 2.20 bits per heavy atom. The van der Waals surface area contributed by atoms with Gasteiger partial charge in [-0.05, 0) is 25.5 Å². The monoisotopic (exact) mass is 227 g/mol. The van der Waals surface area contributed by atoms with Crippen LogP contribution in [-0.2, 0) is 4.74 Å². The number of hydrogen-bond acceptors (Lipinski definition) is 2. The molecule has 1 atom stereocenters. The van der Waals surface area contributed by atoms with Crippen molar-refractivity contribution in [2.45, 2.75) is 19.9 Å². The lowest BCUT2D eigenvalue weighted by Crippen LogP contribution is -2.27. The van der Waals surface area contributed by atoms with Gasteiger partial charge < -0.3 is 10.1 Å². The van der Waals surface area contributed by atoms with Gasteiger partial charge in [0, 0.05) is 5.02 Å². The second-order valence-corrected chi connectivity index (χ2v) is 3.52. The molecular formula is C11H14ClNO2. The SMILES string of the molecule is CCOC(=O)N[C@H](C)c1ccccc1Cl. The molecule has 0 radical (unpaired) electrons. The lowest BCUT2D eigenvalue weighted by atomic mass is 10.1. The van der Waals surface area contributed by atoms with Crippen LogP contribution in [-0.4, -0.2) is 12.7 Å². The predicted molar refractivity (Wildman–Crippen MR) is 60.0 cm³/mol. The quantitative estimate of drug-likeness (QED) is 0.862. The van der Waals surface area contributed by atoms with Crippen molar-refractivity contribution in [3.63, 3.8) is 0 Å². The molecule has 0 aromatic heterocycles. The largest absolute Gasteiger partial charge is 0.450 e. The van der Waals surface area contributed by atoms with Crippen LogP contribution in [0.2, 0.25) is 5.02 Å². The normalized spacial score (nSPS) is 11.9. The summed E-state index contributed by atoms with van der Waals surface area (Å²) < 4.78 is 4.78. The first-order chi connectivity index (χ1) is 7.15. The molecule has 1 amide bonds. The van der Waals surface area contributed by atoms with Crippen molar-refractivity contribution in [2.75, 3.05) is 6.61 Å². The minimum Gasteiger partial charge on any atom is -0.450 e. The predicted octanol–water partition coefficient (Wildman–Crippen LogP) is 3.15. The molecule has 82 valence electrons. The number of benzene rings is 1. The van der Waals surface area contributed by atoms with E-state index in [0.29, 0.717) is 11.6 Å². The van der Waals surface area contributed by atoms with Crippen LogP contribution in [0.4, 0.5) is 4.79 Å². The molecule has 1 N–H and O–H groups in total. The molecule has 0 saturated carbocycles. The summed E-state index contributed by atoms with van der Waals surface area (Å²) >= 11 is 5.99. The maximum atomic E-state index is 11.2. The Balaban J connectivity index is 2.65. The second kappa shape index (κ2) is 5.61. The highest BCUT2D eigenvalue weighted by Gasteiger charge is 2.11. The molecule has 0 unspecified atom stereocenters. The number of carbonyl (C=O) groups excluding carboxylic acids is 1. The van der Waals surface area contributed by atoms with Gasteiger partial charge in [-0.25, -0.2) is 4.79 Å². The maximum absolute atomic E-state index is 11.2. The zero-order valence-corrected chi connectivity index (χ0v) is 9.54. The van der Waals surface area contributed by atoms with E-state index in [-0.39, 0.29) is 6.04 Å². The number of hydrogen-bond donors (Lipinski definition) is 1. The first kappa shape index (κ1) is 11.9. The van der Waals surface area contributed by atoms with Crippen LogP contribution in [0.5, 0.6) is 0 Å². The summed E-state index contributed by atoms with van der Waals surface area (Å²) in [4.78, 5) is 11.2. The molecule has 0 fully saturated rings. The molecule has 3 nitrogen and oxygen atoms in total. The number of rotatable bonds is 3. The third-order valence-electron chi connectivity index (χ3n) is 1.98. The van der Waals surface area contributed by atoms with Gasteiger partial charge in [-0.15, -0.1) is 0 Å². The lowest BCUT2D eigenvalue weighted by Gasteiger charge is -2.14. The summed E-state index contributed by atoms with van der Waals surface area (Å²) in [7, 11) is 0. The van der Waals surface area contributed by atoms with Crippen LogP contribution in [0.1, 0.15) is 25.5 Å². The minimum absolute atomic E-state index is 0.155. The Kier molecular flexibility index (Phi) is 4.43. The Morgan fingerprint density at radius 3 is 2.80 bits per heavy atom. The Hall–Kier alpha value is -1.22. The van der Waals surface area contributed by atoms with E-state index in [0.717, 1.165) is 5.56 Å². The van der Waals surface area contributed by atoms with Crippen molar-refractivity contribution in [3.05, 3.63) is 34.9 Å². The van der Waals surface area contributed by atoms with Crippen LogP contribution >= 0.6 is 11.6 Å². The third kappa shape index (κ3) is 3.44. The van der Waals surface area contributed by atoms with E-state index < -0.39 is 6.09 Å². The number of ether oxygens (including phenoxy) is 1. The average Bonchev–Trinajstić information content (AvgIpc) is 2.18. The van der Waals surface area contributed by atoms with Crippen LogP contribution in [0.3, 0.4) is 0 Å². The number of halogens is 1. The first-order valence-electron chi connectivity index (χ1n) is 4.83. The second-order valence-electron chi connectivity index (χ2n) is 3.11. The highest BCUT2D eigenvalue weighted by Crippen LogP contribution is 2.21. The molecule has 15 heavy (non-hydrogen) atoms. The Labute approximate surface area is 94.4 Å². The number of amides is 1. The Bertz CT molecular complexity index is 341. The van der Waals surface area contributed by atoms with E-state index in [9.17, 15) is 4.79 Å². The number of alkyl carbamates (subject to hydrolysis) is 1. The highest BCUT2D eigenvalue weighted by atomic mass is 35.5. The van der Waals surface area contributed by atoms with Gasteiger partial charge in [0.05, 0.1) is 12.6 Å². The number of carbonyl (C=O) groups is 1. The van der Waals surface area contributed by atoms with Gasteiger partial charge in [0.15, 0.2) is 0 Å². The van der Waals surface area contributed by atoms with Crippen molar-refractivity contribution in [1.29, 1.82) is 0 Å². The van der Waals surface area contributed by atoms with Gasteiger partial charge in [-0.3, -0.25) is 0 Å². The van der Waals surface area contributed by atoms with Crippen LogP contribution < -0.4 is 5.32 Å². The standard InChI is InChI=1S/C11H14ClNO2/c1-3-15-11(14)13-8(2)9-6-4-5-7-10(9)12/h4-8H,3H2,1-2H3,(H,13,14)/t8-/m1/s1. The molecule has 1 aromatic rings. The fourth-order valence-corrected chi connectivity index (χ4v) is 1.55. The average molecular weight is 228 g/mol. The molecule has 4 heteroatoms. The summed E-state index contributed by atoms with van der Waals surface area (Å²) in [6, 6.07) is 7.24. The summed E-state index contributed by atoms with van der Waals surface area (Å²) in [5.74, 6) is 0. The van der Waals surface area contributed by atoms with Crippen molar-refractivity contribution in [2.24, 2.45) is 0 Å². The van der Waals surface area contributed by atoms with E-state index in [1.807, 2.05) is 25.1 Å². The zero-order valence-electron chi connectivity index (χ0n) is 8.79. The van der Waals surface area contributed by atoms with Gasteiger partial charge in [-0.1, -0.05) is 29.8 Å². The zero-order chi connectivity index (χ0) is 11.3. The van der Waals surface area contributed by atoms with E-state index in [2.05, 4.69) is 5.32 Å². The Morgan fingerprint density at radius 1 is 1.53 bits per heavy atom. The summed E-state index contributed by atoms with van der Waals surface area (Å²) in [5, 5.41) is 3.33. The van der Waals surface area contributed by atoms with E-state index in [1.54, 1.807) is 13.0 Å². The third-order valence-corrected chi connectivity index (χ3v) is 2.33. The molecule has 0 aliphatic heterocycles. The smallest absolute Gasteiger partial charge is 0.407 e. The summed E-state index contributed by atoms with van der Waals surface area (Å²) in [5.41, 5.74) is 0.882. The highest BCUT2D eigenvalue weighted by molar-refractivity contribution is 6.31. The molecule has 1 rings (SSSR count). The summed E-state index contributed by atoms with van der Waals surface area (Å²) in [6.07, 6.45) is -0.426. The number of nitrogens with one attached hydrogen (secondary N) is 1. The molecule has 1 aromatic carbocycles. The van der Waals surface area contributed by atoms with Crippen LogP contribution in [0.25, 0.3) is 0 Å². The lowest BCUT2D eigenvalue weighted by molar-refractivity contribution is 0.149. The topological polar surface area (TPSA) is 38.3 Å². The first-order valence-corrected chi connectivity index (χ1v) is 5.20. The van der Waals surface area contributed by atoms with Crippen molar-refractivity contribution in [3.8, 4) is 0 Å². The van der Waals surface area contributed by atoms with Crippen LogP contribution in [0.15, 0.2) is 24.3 Å². The van der Waals surface area contributed by atoms with E-state index in [4.69, 9.17) is 16.3 Å². The van der Waals surface area contributed by atoms with Gasteiger partial charge >= 0.3 is 6.09 Å². The van der Waals surface area contributed by atoms with Gasteiger partial charge in [-0.2, -0.15) is 0 Å². The maximum Gasteiger partial charge on any atom is 0.407 e. The molecule has 0 saturated heterocycles. The molecule has 0 bridgehead atoms. The fourth-order valence-electron chi connectivity index (χ4n) is 1.25.